The van der Waals surface area contributed by atoms with Crippen LogP contribution < -0.4 is 0 Å². The summed E-state index contributed by atoms with van der Waals surface area (Å²) in [5.41, 5.74) is 47.7. The van der Waals surface area contributed by atoms with Crippen molar-refractivity contribution < 1.29 is 0 Å². The molecule has 5 unspecified atom stereocenters. The largest absolute Gasteiger partial charge is 0.344 e. The summed E-state index contributed by atoms with van der Waals surface area (Å²) in [7, 11) is 13.0. The third-order valence-corrected chi connectivity index (χ3v) is 29.9. The summed E-state index contributed by atoms with van der Waals surface area (Å²) in [6.45, 7) is 32.3. The summed E-state index contributed by atoms with van der Waals surface area (Å²) in [4.78, 5) is 0. The standard InChI is InChI=1S/C23H21N.4C21H17N.C13H11N.4C2H6/c1-13-16-9-5-6-10-17(16)21-15(3)23-22(14(2)20(13)21)18-11-7-8-12-19(18)24(23)4;1-13-14-7-3-4-8-15(14)18-11-19-16-9-5-6-10-20(16)22(2)21(19)12-17(13)18;1-13-14-7-3-4-8-16(14)20-15(13)11-12-19-21(20)17-9-5-6-10-18(17)22(19)2;1-13-14-7-3-4-8-15(14)16-11-12-19-21(20(13)16)17-9-5-6-10-18(17)22(19)2;1-13-14-7-3-4-8-15(14)17-11-12-18-16-9-5-6-10-19(16)22(2)21(18)20(13)17;1-14-12-8-4-2-6-10(12)11-7-3-5-9-13(11)14;4*1-2/h5-13H,1-4H3;4*3-13H,1-2H3;2-9H,1H3;4*1-2H3. The first-order valence-electron chi connectivity index (χ1n) is 49.0. The Morgan fingerprint density at radius 2 is 0.478 bits per heavy atom. The van der Waals surface area contributed by atoms with Crippen molar-refractivity contribution in [3.05, 3.63) is 406 Å². The van der Waals surface area contributed by atoms with Crippen molar-refractivity contribution in [3.8, 4) is 55.6 Å². The molecule has 6 nitrogen and oxygen atoms in total. The van der Waals surface area contributed by atoms with Gasteiger partial charge in [0.05, 0.1) is 11.0 Å². The molecule has 5 aliphatic rings. The summed E-state index contributed by atoms with van der Waals surface area (Å²) < 4.78 is 13.9. The zero-order valence-electron chi connectivity index (χ0n) is 81.9. The predicted molar refractivity (Wildman–Crippen MR) is 582 cm³/mol. The zero-order valence-corrected chi connectivity index (χ0v) is 81.9. The number of benzene rings is 17. The molecule has 0 saturated heterocycles. The molecule has 5 aliphatic carbocycles. The highest BCUT2D eigenvalue weighted by molar-refractivity contribution is 6.19. The molecule has 6 aromatic heterocycles. The van der Waals surface area contributed by atoms with Gasteiger partial charge in [-0.25, -0.2) is 0 Å². The summed E-state index contributed by atoms with van der Waals surface area (Å²) >= 11 is 0. The van der Waals surface area contributed by atoms with Crippen LogP contribution in [0.5, 0.6) is 0 Å². The fourth-order valence-electron chi connectivity index (χ4n) is 23.9. The van der Waals surface area contributed by atoms with Crippen LogP contribution in [0.1, 0.15) is 186 Å². The Hall–Kier alpha value is -14.5. The SMILES string of the molecule is CC.CC.CC.CC.CC1c2ccccc2-c2c1ccc1c2c2ccccc2n1C.CC1c2ccccc2-c2cc3c4ccccc4n(C)c3cc21.CC1c2ccccc2-c2ccc3c(c21)c1ccccc1n3C.CC1c2ccccc2-c2ccc3c4ccccc4n(C)c3c21.Cc1c2c(c(C)c3c1c1ccccc1n3C)-c1ccccc1C2C.Cn1c2ccccc2c2ccccc21. The van der Waals surface area contributed by atoms with Gasteiger partial charge >= 0.3 is 0 Å². The lowest BCUT2D eigenvalue weighted by atomic mass is 9.89. The average molecular weight is 1750 g/mol. The smallest absolute Gasteiger partial charge is 0.0533 e. The van der Waals surface area contributed by atoms with Crippen LogP contribution in [0.25, 0.3) is 186 Å². The third-order valence-electron chi connectivity index (χ3n) is 29.9. The second-order valence-electron chi connectivity index (χ2n) is 36.0. The van der Waals surface area contributed by atoms with E-state index in [0.717, 1.165) is 0 Å². The number of aryl methyl sites for hydroxylation is 8. The zero-order chi connectivity index (χ0) is 93.5. The van der Waals surface area contributed by atoms with E-state index in [9.17, 15) is 0 Å². The Kier molecular flexibility index (Phi) is 24.0. The van der Waals surface area contributed by atoms with Crippen molar-refractivity contribution in [2.75, 3.05) is 0 Å². The van der Waals surface area contributed by atoms with Crippen molar-refractivity contribution in [3.63, 3.8) is 0 Å². The minimum absolute atomic E-state index is 0.456. The molecule has 23 aromatic rings. The highest BCUT2D eigenvalue weighted by atomic mass is 15.0. The highest BCUT2D eigenvalue weighted by Crippen LogP contribution is 2.56. The Morgan fingerprint density at radius 3 is 0.985 bits per heavy atom. The van der Waals surface area contributed by atoms with Gasteiger partial charge < -0.3 is 27.4 Å². The maximum absolute atomic E-state index is 2.40. The van der Waals surface area contributed by atoms with Crippen LogP contribution in [0, 0.1) is 13.8 Å². The minimum Gasteiger partial charge on any atom is -0.344 e. The molecule has 0 amide bonds. The van der Waals surface area contributed by atoms with Gasteiger partial charge in [0.2, 0.25) is 0 Å². The van der Waals surface area contributed by atoms with Crippen molar-refractivity contribution in [2.24, 2.45) is 42.3 Å². The molecule has 17 aromatic carbocycles. The Labute approximate surface area is 790 Å². The van der Waals surface area contributed by atoms with Gasteiger partial charge in [0.1, 0.15) is 0 Å². The van der Waals surface area contributed by atoms with E-state index in [1.165, 1.54) is 253 Å². The van der Waals surface area contributed by atoms with Gasteiger partial charge in [-0.3, -0.25) is 0 Å². The number of para-hydroxylation sites is 7. The van der Waals surface area contributed by atoms with E-state index in [-0.39, 0.29) is 0 Å². The predicted octanol–water partition coefficient (Wildman–Crippen LogP) is 35.4. The van der Waals surface area contributed by atoms with Crippen LogP contribution in [0.4, 0.5) is 0 Å². The van der Waals surface area contributed by atoms with E-state index >= 15 is 0 Å². The highest BCUT2D eigenvalue weighted by Gasteiger charge is 2.35. The molecule has 0 N–H and O–H groups in total. The quantitative estimate of drug-likeness (QED) is 0.145. The molecular weight excluding hydrogens is 1620 g/mol. The fraction of sp³-hybridized carbons (Fsp3) is 0.203. The van der Waals surface area contributed by atoms with Gasteiger partial charge in [-0.2, -0.15) is 0 Å². The second-order valence-corrected chi connectivity index (χ2v) is 36.0. The van der Waals surface area contributed by atoms with Crippen LogP contribution in [0.2, 0.25) is 0 Å². The molecule has 0 bridgehead atoms. The van der Waals surface area contributed by atoms with Crippen molar-refractivity contribution in [1.29, 1.82) is 0 Å². The van der Waals surface area contributed by atoms with Gasteiger partial charge in [0.15, 0.2) is 0 Å². The lowest BCUT2D eigenvalue weighted by Crippen LogP contribution is -1.98. The van der Waals surface area contributed by atoms with E-state index in [0.29, 0.717) is 29.6 Å². The Morgan fingerprint density at radius 1 is 0.172 bits per heavy atom. The maximum Gasteiger partial charge on any atom is 0.0533 e. The lowest BCUT2D eigenvalue weighted by Gasteiger charge is -2.15. The minimum atomic E-state index is 0.456. The molecule has 0 spiro atoms. The van der Waals surface area contributed by atoms with Gasteiger partial charge in [-0.15, -0.1) is 0 Å². The van der Waals surface area contributed by atoms with E-state index in [1.807, 2.05) is 55.4 Å². The lowest BCUT2D eigenvalue weighted by molar-refractivity contribution is 0.936. The molecule has 0 radical (unpaired) electrons. The van der Waals surface area contributed by atoms with E-state index in [4.69, 9.17) is 0 Å². The average Bonchev–Trinajstić information content (AvgIpc) is 1.55. The van der Waals surface area contributed by atoms with Gasteiger partial charge in [-0.1, -0.05) is 363 Å². The number of rotatable bonds is 0. The molecule has 0 fully saturated rings. The third kappa shape index (κ3) is 13.8. The van der Waals surface area contributed by atoms with Crippen LogP contribution >= 0.6 is 0 Å². The molecule has 5 atom stereocenters. The summed E-state index contributed by atoms with van der Waals surface area (Å²) in [6.07, 6.45) is 0. The number of nitrogens with zero attached hydrogens (tertiary/aromatic N) is 6. The van der Waals surface area contributed by atoms with Crippen LogP contribution in [0.15, 0.2) is 340 Å². The first kappa shape index (κ1) is 88.8. The van der Waals surface area contributed by atoms with E-state index in [1.54, 1.807) is 0 Å². The molecule has 28 rings (SSSR count). The summed E-state index contributed by atoms with van der Waals surface area (Å²) in [6, 6.07) is 124. The Balaban J connectivity index is 0.000000102. The van der Waals surface area contributed by atoms with Crippen LogP contribution in [0.3, 0.4) is 0 Å². The van der Waals surface area contributed by atoms with Crippen molar-refractivity contribution >= 4 is 131 Å². The second kappa shape index (κ2) is 36.3. The van der Waals surface area contributed by atoms with E-state index < -0.39 is 0 Å². The molecule has 6 heterocycles. The normalized spacial score (nSPS) is 14.8. The molecular formula is C128H124N6. The summed E-state index contributed by atoms with van der Waals surface area (Å²) in [5.74, 6) is 2.35. The number of fused-ring (bicyclic) bond motifs is 36. The first-order chi connectivity index (χ1) is 65.6. The molecule has 6 heteroatoms. The first-order valence-corrected chi connectivity index (χ1v) is 49.0. The molecule has 0 saturated carbocycles. The Bertz CT molecular complexity index is 8430. The maximum atomic E-state index is 2.40. The number of hydrogen-bond donors (Lipinski definition) is 0. The van der Waals surface area contributed by atoms with Gasteiger partial charge in [0, 0.05) is 192 Å². The number of aromatic nitrogens is 6. The summed E-state index contributed by atoms with van der Waals surface area (Å²) in [5, 5.41) is 16.5. The van der Waals surface area contributed by atoms with E-state index in [2.05, 4.69) is 458 Å². The van der Waals surface area contributed by atoms with Crippen LogP contribution in [-0.4, -0.2) is 27.4 Å². The fourth-order valence-corrected chi connectivity index (χ4v) is 23.9. The van der Waals surface area contributed by atoms with Gasteiger partial charge in [0.25, 0.3) is 0 Å². The number of hydrogen-bond acceptors (Lipinski definition) is 0. The van der Waals surface area contributed by atoms with Crippen LogP contribution in [-0.2, 0) is 42.3 Å². The molecule has 0 aliphatic heterocycles. The monoisotopic (exact) mass is 1740 g/mol. The van der Waals surface area contributed by atoms with Crippen molar-refractivity contribution in [2.45, 2.75) is 133 Å². The van der Waals surface area contributed by atoms with Gasteiger partial charge in [-0.05, 0) is 203 Å². The molecule has 666 valence electrons. The van der Waals surface area contributed by atoms with Crippen molar-refractivity contribution in [1.82, 2.24) is 27.4 Å². The molecule has 134 heavy (non-hydrogen) atoms. The topological polar surface area (TPSA) is 29.6 Å².